The Kier molecular flexibility index (Phi) is 6.57. The zero-order chi connectivity index (χ0) is 20.3. The van der Waals surface area contributed by atoms with E-state index >= 15 is 0 Å². The Balaban J connectivity index is 1.66. The van der Waals surface area contributed by atoms with Crippen LogP contribution in [0.5, 0.6) is 0 Å². The first kappa shape index (κ1) is 20.6. The normalized spacial score (nSPS) is 17.9. The van der Waals surface area contributed by atoms with E-state index in [0.717, 1.165) is 48.9 Å². The SMILES string of the molecule is Cc1cccc(-n2c(C)cc(C(=O)NCC3CN(CC(C)C)CCO3)c2C)c1. The summed E-state index contributed by atoms with van der Waals surface area (Å²) in [5.74, 6) is 0.608. The quantitative estimate of drug-likeness (QED) is 0.831. The number of hydrogen-bond donors (Lipinski definition) is 1. The first-order valence-corrected chi connectivity index (χ1v) is 10.2. The van der Waals surface area contributed by atoms with E-state index in [1.807, 2.05) is 26.0 Å². The first-order valence-electron chi connectivity index (χ1n) is 10.2. The molecule has 1 fully saturated rings. The van der Waals surface area contributed by atoms with Crippen LogP contribution >= 0.6 is 0 Å². The Morgan fingerprint density at radius 1 is 1.25 bits per heavy atom. The van der Waals surface area contributed by atoms with Crippen LogP contribution in [0.1, 0.15) is 41.2 Å². The second-order valence-corrected chi connectivity index (χ2v) is 8.32. The van der Waals surface area contributed by atoms with Gasteiger partial charge in [0.05, 0.1) is 18.3 Å². The van der Waals surface area contributed by atoms with Crippen LogP contribution in [0.4, 0.5) is 0 Å². The number of aryl methyl sites for hydroxylation is 2. The van der Waals surface area contributed by atoms with Crippen molar-refractivity contribution in [1.82, 2.24) is 14.8 Å². The molecule has 1 amide bonds. The highest BCUT2D eigenvalue weighted by atomic mass is 16.5. The van der Waals surface area contributed by atoms with Gasteiger partial charge in [-0.1, -0.05) is 26.0 Å². The Hall–Kier alpha value is -2.11. The third kappa shape index (κ3) is 4.83. The summed E-state index contributed by atoms with van der Waals surface area (Å²) in [7, 11) is 0. The maximum absolute atomic E-state index is 12.8. The van der Waals surface area contributed by atoms with Crippen molar-refractivity contribution in [1.29, 1.82) is 0 Å². The molecule has 1 unspecified atom stereocenters. The molecule has 2 aromatic rings. The summed E-state index contributed by atoms with van der Waals surface area (Å²) in [4.78, 5) is 15.3. The third-order valence-electron chi connectivity index (χ3n) is 5.27. The minimum atomic E-state index is -0.0309. The molecule has 1 aliphatic heterocycles. The Morgan fingerprint density at radius 3 is 2.75 bits per heavy atom. The fraction of sp³-hybridized carbons (Fsp3) is 0.522. The van der Waals surface area contributed by atoms with Gasteiger partial charge in [-0.05, 0) is 50.5 Å². The van der Waals surface area contributed by atoms with Crippen molar-refractivity contribution in [2.45, 2.75) is 40.7 Å². The Labute approximate surface area is 168 Å². The highest BCUT2D eigenvalue weighted by molar-refractivity contribution is 5.96. The van der Waals surface area contributed by atoms with Crippen LogP contribution in [0, 0.1) is 26.7 Å². The molecule has 0 spiro atoms. The smallest absolute Gasteiger partial charge is 0.253 e. The molecule has 3 rings (SSSR count). The molecule has 1 saturated heterocycles. The van der Waals surface area contributed by atoms with Crippen molar-refractivity contribution in [3.8, 4) is 5.69 Å². The minimum Gasteiger partial charge on any atom is -0.374 e. The Bertz CT molecular complexity index is 825. The lowest BCUT2D eigenvalue weighted by Gasteiger charge is -2.33. The van der Waals surface area contributed by atoms with Crippen molar-refractivity contribution in [2.75, 3.05) is 32.8 Å². The average molecular weight is 384 g/mol. The summed E-state index contributed by atoms with van der Waals surface area (Å²) < 4.78 is 8.00. The summed E-state index contributed by atoms with van der Waals surface area (Å²) in [5, 5.41) is 3.08. The van der Waals surface area contributed by atoms with E-state index in [2.05, 4.69) is 53.8 Å². The number of hydrogen-bond acceptors (Lipinski definition) is 3. The fourth-order valence-electron chi connectivity index (χ4n) is 4.04. The monoisotopic (exact) mass is 383 g/mol. The van der Waals surface area contributed by atoms with Crippen LogP contribution in [0.2, 0.25) is 0 Å². The molecule has 5 heteroatoms. The van der Waals surface area contributed by atoms with E-state index < -0.39 is 0 Å². The highest BCUT2D eigenvalue weighted by Gasteiger charge is 2.23. The number of benzene rings is 1. The van der Waals surface area contributed by atoms with Gasteiger partial charge in [0.2, 0.25) is 0 Å². The molecule has 2 heterocycles. The number of ether oxygens (including phenoxy) is 1. The molecule has 1 N–H and O–H groups in total. The highest BCUT2D eigenvalue weighted by Crippen LogP contribution is 2.21. The molecule has 28 heavy (non-hydrogen) atoms. The second-order valence-electron chi connectivity index (χ2n) is 8.32. The number of nitrogens with zero attached hydrogens (tertiary/aromatic N) is 2. The van der Waals surface area contributed by atoms with Gasteiger partial charge in [0, 0.05) is 43.3 Å². The van der Waals surface area contributed by atoms with Crippen LogP contribution < -0.4 is 5.32 Å². The minimum absolute atomic E-state index is 0.0309. The number of carbonyl (C=O) groups excluding carboxylic acids is 1. The summed E-state index contributed by atoms with van der Waals surface area (Å²) in [6.07, 6.45) is 0.0525. The lowest BCUT2D eigenvalue weighted by Crippen LogP contribution is -2.48. The van der Waals surface area contributed by atoms with E-state index in [9.17, 15) is 4.79 Å². The summed E-state index contributed by atoms with van der Waals surface area (Å²) >= 11 is 0. The molecule has 1 aliphatic rings. The van der Waals surface area contributed by atoms with Gasteiger partial charge >= 0.3 is 0 Å². The van der Waals surface area contributed by atoms with Crippen LogP contribution in [-0.4, -0.2) is 54.3 Å². The molecule has 1 atom stereocenters. The van der Waals surface area contributed by atoms with Gasteiger partial charge < -0.3 is 14.6 Å². The van der Waals surface area contributed by atoms with Crippen LogP contribution in [0.3, 0.4) is 0 Å². The van der Waals surface area contributed by atoms with Crippen molar-refractivity contribution in [2.24, 2.45) is 5.92 Å². The summed E-state index contributed by atoms with van der Waals surface area (Å²) in [6.45, 7) is 14.8. The molecule has 1 aromatic carbocycles. The zero-order valence-corrected chi connectivity index (χ0v) is 17.8. The average Bonchev–Trinajstić information content (AvgIpc) is 2.94. The van der Waals surface area contributed by atoms with Gasteiger partial charge in [-0.3, -0.25) is 9.69 Å². The molecule has 152 valence electrons. The second kappa shape index (κ2) is 8.93. The third-order valence-corrected chi connectivity index (χ3v) is 5.27. The van der Waals surface area contributed by atoms with Crippen LogP contribution in [-0.2, 0) is 4.74 Å². The molecule has 1 aromatic heterocycles. The van der Waals surface area contributed by atoms with E-state index in [-0.39, 0.29) is 12.0 Å². The zero-order valence-electron chi connectivity index (χ0n) is 17.8. The molecule has 0 radical (unpaired) electrons. The number of morpholine rings is 1. The van der Waals surface area contributed by atoms with Gasteiger partial charge in [0.25, 0.3) is 5.91 Å². The molecule has 0 bridgehead atoms. The van der Waals surface area contributed by atoms with E-state index in [1.165, 1.54) is 5.56 Å². The first-order chi connectivity index (χ1) is 13.3. The fourth-order valence-corrected chi connectivity index (χ4v) is 4.04. The van der Waals surface area contributed by atoms with Crippen LogP contribution in [0.25, 0.3) is 5.69 Å². The van der Waals surface area contributed by atoms with Gasteiger partial charge in [-0.2, -0.15) is 0 Å². The number of aromatic nitrogens is 1. The van der Waals surface area contributed by atoms with Gasteiger partial charge in [-0.25, -0.2) is 0 Å². The molecule has 0 aliphatic carbocycles. The summed E-state index contributed by atoms with van der Waals surface area (Å²) in [6, 6.07) is 10.3. The number of amides is 1. The maximum atomic E-state index is 12.8. The van der Waals surface area contributed by atoms with Crippen molar-refractivity contribution in [3.63, 3.8) is 0 Å². The van der Waals surface area contributed by atoms with Crippen molar-refractivity contribution in [3.05, 3.63) is 52.8 Å². The maximum Gasteiger partial charge on any atom is 0.253 e. The largest absolute Gasteiger partial charge is 0.374 e. The Morgan fingerprint density at radius 2 is 2.04 bits per heavy atom. The number of nitrogens with one attached hydrogen (secondary N) is 1. The predicted octanol–water partition coefficient (Wildman–Crippen LogP) is 3.49. The van der Waals surface area contributed by atoms with E-state index in [4.69, 9.17) is 4.74 Å². The number of carbonyl (C=O) groups is 1. The molecular weight excluding hydrogens is 350 g/mol. The molecular formula is C23H33N3O2. The van der Waals surface area contributed by atoms with Crippen molar-refractivity contribution >= 4 is 5.91 Å². The predicted molar refractivity (Wildman–Crippen MR) is 113 cm³/mol. The van der Waals surface area contributed by atoms with E-state index in [0.29, 0.717) is 12.5 Å². The topological polar surface area (TPSA) is 46.5 Å². The lowest BCUT2D eigenvalue weighted by atomic mass is 10.1. The van der Waals surface area contributed by atoms with Gasteiger partial charge in [-0.15, -0.1) is 0 Å². The van der Waals surface area contributed by atoms with E-state index in [1.54, 1.807) is 0 Å². The lowest BCUT2D eigenvalue weighted by molar-refractivity contribution is -0.0295. The molecule has 0 saturated carbocycles. The standard InChI is InChI=1S/C23H33N3O2/c1-16(2)14-25-9-10-28-21(15-25)13-24-23(27)22-12-18(4)26(19(22)5)20-8-6-7-17(3)11-20/h6-8,11-12,16,21H,9-10,13-15H2,1-5H3,(H,24,27). The number of rotatable bonds is 6. The van der Waals surface area contributed by atoms with Gasteiger partial charge in [0.1, 0.15) is 0 Å². The summed E-state index contributed by atoms with van der Waals surface area (Å²) in [5.41, 5.74) is 5.05. The van der Waals surface area contributed by atoms with Crippen LogP contribution in [0.15, 0.2) is 30.3 Å². The molecule has 5 nitrogen and oxygen atoms in total. The van der Waals surface area contributed by atoms with Crippen molar-refractivity contribution < 1.29 is 9.53 Å². The van der Waals surface area contributed by atoms with Gasteiger partial charge in [0.15, 0.2) is 0 Å².